The Morgan fingerprint density at radius 1 is 1.53 bits per heavy atom. The average molecular weight is 239 g/mol. The monoisotopic (exact) mass is 239 g/mol. The van der Waals surface area contributed by atoms with Crippen molar-refractivity contribution in [2.24, 2.45) is 11.8 Å². The molecule has 6 nitrogen and oxygen atoms in total. The first-order chi connectivity index (χ1) is 7.93. The van der Waals surface area contributed by atoms with Gasteiger partial charge in [-0.1, -0.05) is 13.8 Å². The molecule has 0 aliphatic rings. The van der Waals surface area contributed by atoms with Crippen molar-refractivity contribution >= 4 is 11.8 Å². The maximum atomic E-state index is 10.1. The fraction of sp³-hybridized carbons (Fsp3) is 0.636. The number of nitrogen functional groups attached to an aromatic ring is 1. The van der Waals surface area contributed by atoms with Crippen LogP contribution >= 0.6 is 0 Å². The number of rotatable bonds is 6. The summed E-state index contributed by atoms with van der Waals surface area (Å²) in [6.45, 7) is 6.40. The quantitative estimate of drug-likeness (QED) is 0.436. The van der Waals surface area contributed by atoms with Crippen molar-refractivity contribution in [1.29, 1.82) is 0 Å². The molecule has 0 amide bonds. The highest BCUT2D eigenvalue weighted by atomic mass is 16.3. The van der Waals surface area contributed by atoms with Gasteiger partial charge in [0.25, 0.3) is 0 Å². The SMILES string of the molecule is CC(C)CC(C)(O)CNc1ccnc(NN)n1. The molecular weight excluding hydrogens is 218 g/mol. The van der Waals surface area contributed by atoms with Gasteiger partial charge in [0.1, 0.15) is 5.82 Å². The molecule has 1 atom stereocenters. The van der Waals surface area contributed by atoms with Crippen molar-refractivity contribution in [3.8, 4) is 0 Å². The predicted molar refractivity (Wildman–Crippen MR) is 68.4 cm³/mol. The second-order valence-electron chi connectivity index (χ2n) is 4.86. The number of aliphatic hydroxyl groups is 1. The van der Waals surface area contributed by atoms with Gasteiger partial charge in [-0.2, -0.15) is 4.98 Å². The first kappa shape index (κ1) is 13.7. The van der Waals surface area contributed by atoms with Crippen LogP contribution in [0.2, 0.25) is 0 Å². The fourth-order valence-corrected chi connectivity index (χ4v) is 1.76. The van der Waals surface area contributed by atoms with Crippen LogP contribution in [0.1, 0.15) is 27.2 Å². The number of nitrogens with zero attached hydrogens (tertiary/aromatic N) is 2. The Bertz CT molecular complexity index is 353. The summed E-state index contributed by atoms with van der Waals surface area (Å²) in [5.74, 6) is 6.64. The molecule has 1 rings (SSSR count). The highest BCUT2D eigenvalue weighted by Gasteiger charge is 2.21. The van der Waals surface area contributed by atoms with Gasteiger partial charge >= 0.3 is 0 Å². The van der Waals surface area contributed by atoms with Gasteiger partial charge in [-0.3, -0.25) is 5.43 Å². The van der Waals surface area contributed by atoms with E-state index < -0.39 is 5.60 Å². The van der Waals surface area contributed by atoms with Crippen LogP contribution in [0, 0.1) is 5.92 Å². The van der Waals surface area contributed by atoms with Crippen LogP contribution in [0.25, 0.3) is 0 Å². The van der Waals surface area contributed by atoms with Crippen LogP contribution < -0.4 is 16.6 Å². The molecule has 0 saturated heterocycles. The fourth-order valence-electron chi connectivity index (χ4n) is 1.76. The maximum Gasteiger partial charge on any atom is 0.239 e. The van der Waals surface area contributed by atoms with E-state index in [-0.39, 0.29) is 0 Å². The molecule has 0 fully saturated rings. The number of aromatic nitrogens is 2. The normalized spacial score (nSPS) is 14.5. The van der Waals surface area contributed by atoms with E-state index in [9.17, 15) is 5.11 Å². The van der Waals surface area contributed by atoms with Crippen molar-refractivity contribution in [2.75, 3.05) is 17.3 Å². The lowest BCUT2D eigenvalue weighted by atomic mass is 9.94. The molecule has 17 heavy (non-hydrogen) atoms. The minimum absolute atomic E-state index is 0.346. The zero-order valence-corrected chi connectivity index (χ0v) is 10.6. The van der Waals surface area contributed by atoms with Gasteiger partial charge in [-0.25, -0.2) is 10.8 Å². The summed E-state index contributed by atoms with van der Waals surface area (Å²) in [4.78, 5) is 8.00. The number of nitrogens with two attached hydrogens (primary N) is 1. The van der Waals surface area contributed by atoms with E-state index in [1.54, 1.807) is 12.3 Å². The maximum absolute atomic E-state index is 10.1. The molecule has 5 N–H and O–H groups in total. The van der Waals surface area contributed by atoms with Gasteiger partial charge in [-0.05, 0) is 25.3 Å². The van der Waals surface area contributed by atoms with Crippen LogP contribution in [0.4, 0.5) is 11.8 Å². The second-order valence-corrected chi connectivity index (χ2v) is 4.86. The molecule has 0 aliphatic heterocycles. The minimum Gasteiger partial charge on any atom is -0.388 e. The first-order valence-electron chi connectivity index (χ1n) is 5.69. The molecule has 0 bridgehead atoms. The number of anilines is 2. The van der Waals surface area contributed by atoms with Gasteiger partial charge in [0.2, 0.25) is 5.95 Å². The molecule has 96 valence electrons. The summed E-state index contributed by atoms with van der Waals surface area (Å²) in [6.07, 6.45) is 2.33. The van der Waals surface area contributed by atoms with Crippen LogP contribution in [0.15, 0.2) is 12.3 Å². The van der Waals surface area contributed by atoms with Gasteiger partial charge in [0, 0.05) is 12.7 Å². The standard InChI is InChI=1S/C11H21N5O/c1-8(2)6-11(3,17)7-14-9-4-5-13-10(15-9)16-12/h4-5,8,17H,6-7,12H2,1-3H3,(H2,13,14,15,16). The van der Waals surface area contributed by atoms with E-state index in [2.05, 4.69) is 34.6 Å². The largest absolute Gasteiger partial charge is 0.388 e. The summed E-state index contributed by atoms with van der Waals surface area (Å²) in [5, 5.41) is 13.2. The van der Waals surface area contributed by atoms with Crippen molar-refractivity contribution in [2.45, 2.75) is 32.8 Å². The van der Waals surface area contributed by atoms with Crippen LogP contribution in [0.3, 0.4) is 0 Å². The predicted octanol–water partition coefficient (Wildman–Crippen LogP) is 0.971. The topological polar surface area (TPSA) is 96.1 Å². The number of hydrogen-bond acceptors (Lipinski definition) is 6. The molecular formula is C11H21N5O. The molecule has 1 aromatic rings. The van der Waals surface area contributed by atoms with Gasteiger partial charge in [-0.15, -0.1) is 0 Å². The van der Waals surface area contributed by atoms with Gasteiger partial charge < -0.3 is 10.4 Å². The smallest absolute Gasteiger partial charge is 0.239 e. The van der Waals surface area contributed by atoms with E-state index in [4.69, 9.17) is 5.84 Å². The first-order valence-corrected chi connectivity index (χ1v) is 5.69. The van der Waals surface area contributed by atoms with Crippen molar-refractivity contribution in [3.05, 3.63) is 12.3 Å². The van der Waals surface area contributed by atoms with Crippen LogP contribution in [0.5, 0.6) is 0 Å². The van der Waals surface area contributed by atoms with E-state index in [1.807, 2.05) is 6.92 Å². The Balaban J connectivity index is 2.54. The highest BCUT2D eigenvalue weighted by molar-refractivity contribution is 5.39. The van der Waals surface area contributed by atoms with Crippen molar-refractivity contribution in [3.63, 3.8) is 0 Å². The average Bonchev–Trinajstić information content (AvgIpc) is 2.25. The van der Waals surface area contributed by atoms with Gasteiger partial charge in [0.15, 0.2) is 0 Å². The van der Waals surface area contributed by atoms with Crippen LogP contribution in [-0.2, 0) is 0 Å². The third kappa shape index (κ3) is 4.97. The highest BCUT2D eigenvalue weighted by Crippen LogP contribution is 2.17. The summed E-state index contributed by atoms with van der Waals surface area (Å²) in [6, 6.07) is 1.73. The lowest BCUT2D eigenvalue weighted by Crippen LogP contribution is -2.35. The number of hydrogen-bond donors (Lipinski definition) is 4. The third-order valence-corrected chi connectivity index (χ3v) is 2.28. The number of hydrazine groups is 1. The lowest BCUT2D eigenvalue weighted by molar-refractivity contribution is 0.0515. The Kier molecular flexibility index (Phi) is 4.65. The minimum atomic E-state index is -0.755. The molecule has 0 saturated carbocycles. The van der Waals surface area contributed by atoms with Crippen LogP contribution in [-0.4, -0.2) is 27.2 Å². The molecule has 1 unspecified atom stereocenters. The van der Waals surface area contributed by atoms with E-state index >= 15 is 0 Å². The molecule has 0 spiro atoms. The van der Waals surface area contributed by atoms with E-state index in [1.165, 1.54) is 0 Å². The Morgan fingerprint density at radius 3 is 2.82 bits per heavy atom. The summed E-state index contributed by atoms with van der Waals surface area (Å²) >= 11 is 0. The molecule has 0 aliphatic carbocycles. The second kappa shape index (κ2) is 5.79. The third-order valence-electron chi connectivity index (χ3n) is 2.28. The zero-order chi connectivity index (χ0) is 12.9. The van der Waals surface area contributed by atoms with Crippen molar-refractivity contribution < 1.29 is 5.11 Å². The Labute approximate surface area is 102 Å². The Morgan fingerprint density at radius 2 is 2.24 bits per heavy atom. The summed E-state index contributed by atoms with van der Waals surface area (Å²) in [5.41, 5.74) is 1.62. The molecule has 1 aromatic heterocycles. The number of nitrogens with one attached hydrogen (secondary N) is 2. The lowest BCUT2D eigenvalue weighted by Gasteiger charge is -2.25. The summed E-state index contributed by atoms with van der Waals surface area (Å²) in [7, 11) is 0. The molecule has 0 radical (unpaired) electrons. The van der Waals surface area contributed by atoms with Gasteiger partial charge in [0.05, 0.1) is 5.60 Å². The summed E-state index contributed by atoms with van der Waals surface area (Å²) < 4.78 is 0. The molecule has 1 heterocycles. The molecule has 0 aromatic carbocycles. The zero-order valence-electron chi connectivity index (χ0n) is 10.6. The Hall–Kier alpha value is -1.40. The van der Waals surface area contributed by atoms with Crippen molar-refractivity contribution in [1.82, 2.24) is 9.97 Å². The van der Waals surface area contributed by atoms with E-state index in [0.717, 1.165) is 6.42 Å². The molecule has 6 heteroatoms. The van der Waals surface area contributed by atoms with E-state index in [0.29, 0.717) is 24.2 Å².